The minimum absolute atomic E-state index is 0.116. The number of hydrogen-bond acceptors (Lipinski definition) is 5. The highest BCUT2D eigenvalue weighted by Crippen LogP contribution is 2.65. The highest BCUT2D eigenvalue weighted by Gasteiger charge is 2.67. The van der Waals surface area contributed by atoms with Crippen LogP contribution in [0.5, 0.6) is 0 Å². The minimum atomic E-state index is -0.426. The molecule has 2 aromatic rings. The number of imide groups is 1. The number of esters is 1. The fourth-order valence-electron chi connectivity index (χ4n) is 6.29. The lowest BCUT2D eigenvalue weighted by atomic mass is 9.63. The fourth-order valence-corrected chi connectivity index (χ4v) is 6.29. The van der Waals surface area contributed by atoms with Crippen molar-refractivity contribution in [2.45, 2.75) is 26.2 Å². The monoisotopic (exact) mass is 484 g/mol. The van der Waals surface area contributed by atoms with Crippen molar-refractivity contribution in [3.05, 3.63) is 71.8 Å². The van der Waals surface area contributed by atoms with Crippen LogP contribution < -0.4 is 10.2 Å². The Balaban J connectivity index is 1.14. The van der Waals surface area contributed by atoms with Gasteiger partial charge >= 0.3 is 5.97 Å². The van der Waals surface area contributed by atoms with E-state index in [2.05, 4.69) is 17.5 Å². The van der Waals surface area contributed by atoms with Crippen LogP contribution in [-0.2, 0) is 14.3 Å². The minimum Gasteiger partial charge on any atom is -0.462 e. The second kappa shape index (κ2) is 8.73. The van der Waals surface area contributed by atoms with Crippen LogP contribution in [0.3, 0.4) is 0 Å². The van der Waals surface area contributed by atoms with Crippen LogP contribution in [0.25, 0.3) is 0 Å². The molecule has 7 nitrogen and oxygen atoms in total. The summed E-state index contributed by atoms with van der Waals surface area (Å²) >= 11 is 0. The fraction of sp³-hybridized carbons (Fsp3) is 0.379. The van der Waals surface area contributed by atoms with E-state index in [9.17, 15) is 19.2 Å². The van der Waals surface area contributed by atoms with E-state index in [1.165, 1.54) is 4.90 Å². The molecule has 4 aliphatic carbocycles. The second-order valence-electron chi connectivity index (χ2n) is 10.2. The lowest BCUT2D eigenvalue weighted by Gasteiger charge is -2.37. The maximum atomic E-state index is 13.3. The summed E-state index contributed by atoms with van der Waals surface area (Å²) in [5.74, 6) is -0.0447. The van der Waals surface area contributed by atoms with Gasteiger partial charge < -0.3 is 10.1 Å². The molecule has 7 heteroatoms. The number of rotatable bonds is 7. The topological polar surface area (TPSA) is 92.8 Å². The van der Waals surface area contributed by atoms with Crippen LogP contribution in [0.1, 0.15) is 46.9 Å². The zero-order chi connectivity index (χ0) is 25.0. The Morgan fingerprint density at radius 1 is 0.944 bits per heavy atom. The first-order valence-corrected chi connectivity index (χ1v) is 12.7. The summed E-state index contributed by atoms with van der Waals surface area (Å²) in [5.41, 5.74) is 1.73. The molecule has 2 saturated carbocycles. The van der Waals surface area contributed by atoms with Crippen LogP contribution in [0.4, 0.5) is 11.4 Å². The summed E-state index contributed by atoms with van der Waals surface area (Å²) in [6.07, 6.45) is 7.17. The average molecular weight is 485 g/mol. The SMILES string of the molecule is CCCCOC(=O)c1cccc(NC(=O)c2ccc(N3C(=O)[C@@H]4[C@H]5C=C[C@H]([C@H]6C[C@H]56)[C@@H]4C3=O)cc2)c1. The number of nitrogens with one attached hydrogen (secondary N) is 1. The first kappa shape index (κ1) is 22.7. The smallest absolute Gasteiger partial charge is 0.338 e. The van der Waals surface area contributed by atoms with Gasteiger partial charge in [-0.25, -0.2) is 4.79 Å². The first-order valence-electron chi connectivity index (χ1n) is 12.7. The maximum absolute atomic E-state index is 13.3. The Morgan fingerprint density at radius 3 is 2.25 bits per heavy atom. The highest BCUT2D eigenvalue weighted by molar-refractivity contribution is 6.22. The summed E-state index contributed by atoms with van der Waals surface area (Å²) in [7, 11) is 0. The molecule has 1 N–H and O–H groups in total. The molecule has 5 aliphatic rings. The van der Waals surface area contributed by atoms with E-state index >= 15 is 0 Å². The Hall–Kier alpha value is -3.74. The van der Waals surface area contributed by atoms with Gasteiger partial charge in [0, 0.05) is 11.3 Å². The number of unbranched alkanes of at least 4 members (excludes halogenated alkanes) is 1. The Kier molecular flexibility index (Phi) is 5.51. The largest absolute Gasteiger partial charge is 0.462 e. The van der Waals surface area contributed by atoms with Gasteiger partial charge in [-0.1, -0.05) is 31.6 Å². The molecule has 0 radical (unpaired) electrons. The van der Waals surface area contributed by atoms with E-state index in [0.717, 1.165) is 19.3 Å². The molecule has 36 heavy (non-hydrogen) atoms. The van der Waals surface area contributed by atoms with Crippen molar-refractivity contribution in [3.8, 4) is 0 Å². The molecule has 2 bridgehead atoms. The predicted octanol–water partition coefficient (Wildman–Crippen LogP) is 4.45. The molecule has 1 saturated heterocycles. The molecule has 6 atom stereocenters. The Bertz CT molecular complexity index is 1250. The summed E-state index contributed by atoms with van der Waals surface area (Å²) in [6.45, 7) is 2.38. The van der Waals surface area contributed by atoms with E-state index in [-0.39, 0.29) is 41.4 Å². The number of anilines is 2. The van der Waals surface area contributed by atoms with Gasteiger partial charge in [0.25, 0.3) is 5.91 Å². The molecule has 1 aliphatic heterocycles. The van der Waals surface area contributed by atoms with E-state index in [0.29, 0.717) is 40.9 Å². The second-order valence-corrected chi connectivity index (χ2v) is 10.2. The van der Waals surface area contributed by atoms with Gasteiger partial charge in [-0.2, -0.15) is 0 Å². The summed E-state index contributed by atoms with van der Waals surface area (Å²) in [6, 6.07) is 13.1. The Morgan fingerprint density at radius 2 is 1.61 bits per heavy atom. The number of hydrogen-bond donors (Lipinski definition) is 1. The maximum Gasteiger partial charge on any atom is 0.338 e. The number of nitrogens with zero attached hydrogens (tertiary/aromatic N) is 1. The molecule has 0 unspecified atom stereocenters. The van der Waals surface area contributed by atoms with Crippen molar-refractivity contribution in [1.82, 2.24) is 0 Å². The first-order chi connectivity index (χ1) is 17.5. The average Bonchev–Trinajstić information content (AvgIpc) is 3.67. The lowest BCUT2D eigenvalue weighted by molar-refractivity contribution is -0.124. The molecule has 7 rings (SSSR count). The number of carbonyl (C=O) groups is 4. The van der Waals surface area contributed by atoms with Crippen LogP contribution >= 0.6 is 0 Å². The molecule has 3 amide bonds. The van der Waals surface area contributed by atoms with Crippen molar-refractivity contribution in [2.24, 2.45) is 35.5 Å². The van der Waals surface area contributed by atoms with Gasteiger partial charge in [0.1, 0.15) is 0 Å². The quantitative estimate of drug-likeness (QED) is 0.271. The number of allylic oxidation sites excluding steroid dienone is 2. The van der Waals surface area contributed by atoms with Gasteiger partial charge in [0.2, 0.25) is 11.8 Å². The van der Waals surface area contributed by atoms with Gasteiger partial charge in [-0.15, -0.1) is 0 Å². The standard InChI is InChI=1S/C29H28N2O5/c1-2-3-13-36-29(35)17-5-4-6-18(14-17)30-26(32)16-7-9-19(10-8-16)31-27(33)24-20-11-12-21(23-15-22(20)23)25(24)28(31)34/h4-12,14,20-25H,2-3,13,15H2,1H3,(H,30,32)/t20-,21+,22-,23-,24+,25-/m1/s1. The summed E-state index contributed by atoms with van der Waals surface area (Å²) in [4.78, 5) is 52.9. The van der Waals surface area contributed by atoms with Crippen molar-refractivity contribution in [1.29, 1.82) is 0 Å². The normalized spacial score (nSPS) is 29.1. The molecule has 0 aromatic heterocycles. The Labute approximate surface area is 209 Å². The predicted molar refractivity (Wildman–Crippen MR) is 133 cm³/mol. The van der Waals surface area contributed by atoms with Crippen LogP contribution in [0.15, 0.2) is 60.7 Å². The zero-order valence-electron chi connectivity index (χ0n) is 20.1. The van der Waals surface area contributed by atoms with Gasteiger partial charge in [-0.3, -0.25) is 19.3 Å². The zero-order valence-corrected chi connectivity index (χ0v) is 20.1. The van der Waals surface area contributed by atoms with E-state index < -0.39 is 5.97 Å². The third kappa shape index (κ3) is 3.65. The molecule has 0 spiro atoms. The van der Waals surface area contributed by atoms with Crippen molar-refractivity contribution in [2.75, 3.05) is 16.8 Å². The van der Waals surface area contributed by atoms with Crippen LogP contribution in [0, 0.1) is 35.5 Å². The van der Waals surface area contributed by atoms with E-state index in [1.807, 2.05) is 6.92 Å². The third-order valence-electron chi connectivity index (χ3n) is 8.14. The molecule has 2 aromatic carbocycles. The van der Waals surface area contributed by atoms with Crippen LogP contribution in [-0.4, -0.2) is 30.3 Å². The number of amides is 3. The number of ether oxygens (including phenoxy) is 1. The van der Waals surface area contributed by atoms with E-state index in [4.69, 9.17) is 4.74 Å². The molecule has 1 heterocycles. The molecule has 184 valence electrons. The van der Waals surface area contributed by atoms with Gasteiger partial charge in [-0.05, 0) is 79.0 Å². The van der Waals surface area contributed by atoms with Gasteiger partial charge in [0.15, 0.2) is 0 Å². The number of benzene rings is 2. The van der Waals surface area contributed by atoms with E-state index in [1.54, 1.807) is 48.5 Å². The summed E-state index contributed by atoms with van der Waals surface area (Å²) < 4.78 is 5.24. The van der Waals surface area contributed by atoms with Crippen LogP contribution in [0.2, 0.25) is 0 Å². The molecule has 3 fully saturated rings. The van der Waals surface area contributed by atoms with Gasteiger partial charge in [0.05, 0.1) is 29.7 Å². The molecular formula is C29H28N2O5. The third-order valence-corrected chi connectivity index (χ3v) is 8.14. The number of carbonyl (C=O) groups excluding carboxylic acids is 4. The van der Waals surface area contributed by atoms with Crippen molar-refractivity contribution < 1.29 is 23.9 Å². The highest BCUT2D eigenvalue weighted by atomic mass is 16.5. The molecular weight excluding hydrogens is 456 g/mol. The summed E-state index contributed by atoms with van der Waals surface area (Å²) in [5, 5.41) is 2.80. The van der Waals surface area contributed by atoms with Crippen molar-refractivity contribution in [3.63, 3.8) is 0 Å². The van der Waals surface area contributed by atoms with Crippen molar-refractivity contribution >= 4 is 35.1 Å². The lowest BCUT2D eigenvalue weighted by Crippen LogP contribution is -2.40.